The van der Waals surface area contributed by atoms with Crippen LogP contribution >= 0.6 is 23.1 Å². The summed E-state index contributed by atoms with van der Waals surface area (Å²) in [5, 5.41) is 11.3. The van der Waals surface area contributed by atoms with E-state index in [1.807, 2.05) is 50.2 Å². The molecule has 2 bridgehead atoms. The predicted octanol–water partition coefficient (Wildman–Crippen LogP) is 4.53. The number of imide groups is 1. The van der Waals surface area contributed by atoms with E-state index >= 15 is 0 Å². The van der Waals surface area contributed by atoms with Crippen molar-refractivity contribution in [3.8, 4) is 11.5 Å². The van der Waals surface area contributed by atoms with Gasteiger partial charge in [-0.3, -0.25) is 19.3 Å². The van der Waals surface area contributed by atoms with Gasteiger partial charge in [-0.25, -0.2) is 0 Å². The number of aromatic nitrogens is 1. The maximum absolute atomic E-state index is 13.8. The van der Waals surface area contributed by atoms with Crippen LogP contribution in [-0.4, -0.2) is 33.8 Å². The van der Waals surface area contributed by atoms with Crippen LogP contribution in [0.3, 0.4) is 0 Å². The summed E-state index contributed by atoms with van der Waals surface area (Å²) < 4.78 is 5.68. The van der Waals surface area contributed by atoms with Crippen molar-refractivity contribution in [2.45, 2.75) is 36.5 Å². The van der Waals surface area contributed by atoms with Crippen LogP contribution in [0.2, 0.25) is 0 Å². The molecule has 37 heavy (non-hydrogen) atoms. The number of fused-ring (bicyclic) bond motifs is 9. The number of H-pyrrole nitrogens is 1. The van der Waals surface area contributed by atoms with Gasteiger partial charge in [-0.1, -0.05) is 35.1 Å². The molecule has 0 spiro atoms. The number of anilines is 1. The summed E-state index contributed by atoms with van der Waals surface area (Å²) in [4.78, 5) is 45.3. The molecular formula is C28H26N2O5S2. The zero-order chi connectivity index (χ0) is 25.6. The highest BCUT2D eigenvalue weighted by atomic mass is 32.2. The minimum Gasteiger partial charge on any atom is -0.504 e. The third-order valence-electron chi connectivity index (χ3n) is 8.66. The molecule has 2 aliphatic carbocycles. The van der Waals surface area contributed by atoms with Crippen molar-refractivity contribution in [3.05, 3.63) is 68.1 Å². The number of aromatic hydroxyl groups is 1. The number of thiazole rings is 1. The van der Waals surface area contributed by atoms with E-state index < -0.39 is 0 Å². The average molecular weight is 535 g/mol. The van der Waals surface area contributed by atoms with E-state index in [4.69, 9.17) is 4.74 Å². The molecule has 2 N–H and O–H groups in total. The normalized spacial score (nSPS) is 31.4. The molecule has 0 radical (unpaired) electrons. The molecule has 2 amide bonds. The van der Waals surface area contributed by atoms with Crippen molar-refractivity contribution < 1.29 is 19.4 Å². The maximum atomic E-state index is 13.8. The summed E-state index contributed by atoms with van der Waals surface area (Å²) in [6, 6.07) is 13.0. The minimum atomic E-state index is -0.344. The number of aryl methyl sites for hydroxylation is 1. The van der Waals surface area contributed by atoms with Crippen LogP contribution in [0.25, 0.3) is 0 Å². The number of aromatic amines is 1. The number of carbonyl (C=O) groups is 2. The van der Waals surface area contributed by atoms with E-state index in [9.17, 15) is 19.5 Å². The Bertz CT molecular complexity index is 1490. The van der Waals surface area contributed by atoms with Gasteiger partial charge in [0.05, 0.1) is 29.2 Å². The Labute approximate surface area is 221 Å². The Balaban J connectivity index is 1.32. The van der Waals surface area contributed by atoms with E-state index in [2.05, 4.69) is 4.98 Å². The molecule has 7 nitrogen and oxygen atoms in total. The minimum absolute atomic E-state index is 0.0408. The van der Waals surface area contributed by atoms with E-state index in [0.29, 0.717) is 18.0 Å². The zero-order valence-corrected chi connectivity index (χ0v) is 22.0. The van der Waals surface area contributed by atoms with Gasteiger partial charge >= 0.3 is 4.87 Å². The Morgan fingerprint density at radius 3 is 2.51 bits per heavy atom. The number of carbonyl (C=O) groups excluding carboxylic acids is 2. The number of amides is 2. The number of ether oxygens (including phenoxy) is 1. The van der Waals surface area contributed by atoms with Crippen molar-refractivity contribution in [3.63, 3.8) is 0 Å². The second-order valence-electron chi connectivity index (χ2n) is 10.5. The molecule has 2 aliphatic heterocycles. The number of thioether (sulfide) groups is 1. The first-order valence-corrected chi connectivity index (χ1v) is 14.4. The fourth-order valence-electron chi connectivity index (χ4n) is 7.33. The number of phenols is 1. The summed E-state index contributed by atoms with van der Waals surface area (Å²) in [6.45, 7) is 4.28. The zero-order valence-electron chi connectivity index (χ0n) is 20.3. The number of hydrogen-bond donors (Lipinski definition) is 2. The second-order valence-corrected chi connectivity index (χ2v) is 12.7. The largest absolute Gasteiger partial charge is 0.504 e. The highest BCUT2D eigenvalue weighted by Gasteiger charge is 2.69. The first-order chi connectivity index (χ1) is 17.9. The Morgan fingerprint density at radius 2 is 1.78 bits per heavy atom. The lowest BCUT2D eigenvalue weighted by Crippen LogP contribution is -2.42. The van der Waals surface area contributed by atoms with Crippen molar-refractivity contribution in [1.82, 2.24) is 4.98 Å². The topological polar surface area (TPSA) is 99.7 Å². The predicted molar refractivity (Wildman–Crippen MR) is 141 cm³/mol. The standard InChI is InChI=1S/C28H26N2O5S2/c1-3-35-18-10-13(6-9-17(18)31)19-20-15-11-16(23(20)36-25-24(19)37-28(34)29-25)22-21(15)26(32)30(27(22)33)14-7-4-12(2)5-8-14/h4-10,15-16,19-23,31H,3,11H2,1-2H3,(H,29,34)/t15-,16+,19+,20-,21+,22-,23-/m1/s1. The third-order valence-corrected chi connectivity index (χ3v) is 11.2. The van der Waals surface area contributed by atoms with Crippen LogP contribution in [-0.2, 0) is 9.59 Å². The Hall–Kier alpha value is -3.04. The number of benzene rings is 2. The Morgan fingerprint density at radius 1 is 1.05 bits per heavy atom. The monoisotopic (exact) mass is 534 g/mol. The van der Waals surface area contributed by atoms with Gasteiger partial charge in [0.25, 0.3) is 0 Å². The van der Waals surface area contributed by atoms with Crippen LogP contribution in [0.4, 0.5) is 5.69 Å². The number of nitrogens with one attached hydrogen (secondary N) is 1. The lowest BCUT2D eigenvalue weighted by atomic mass is 9.68. The molecule has 3 heterocycles. The number of rotatable bonds is 4. The van der Waals surface area contributed by atoms with Crippen LogP contribution in [0.1, 0.15) is 35.3 Å². The fourth-order valence-corrected chi connectivity index (χ4v) is 10.2. The molecule has 7 rings (SSSR count). The number of nitrogens with zero attached hydrogens (tertiary/aromatic N) is 1. The highest BCUT2D eigenvalue weighted by Crippen LogP contribution is 2.68. The van der Waals surface area contributed by atoms with Crippen molar-refractivity contribution in [1.29, 1.82) is 0 Å². The summed E-state index contributed by atoms with van der Waals surface area (Å²) in [6.07, 6.45) is 0.836. The van der Waals surface area contributed by atoms with Gasteiger partial charge in [-0.15, -0.1) is 11.8 Å². The molecule has 0 unspecified atom stereocenters. The molecule has 2 saturated carbocycles. The summed E-state index contributed by atoms with van der Waals surface area (Å²) in [5.74, 6) is -0.259. The average Bonchev–Trinajstić information content (AvgIpc) is 3.60. The van der Waals surface area contributed by atoms with Crippen LogP contribution in [0, 0.1) is 36.5 Å². The van der Waals surface area contributed by atoms with E-state index in [-0.39, 0.29) is 63.2 Å². The molecule has 190 valence electrons. The van der Waals surface area contributed by atoms with Gasteiger partial charge in [-0.05, 0) is 67.9 Å². The molecule has 7 atom stereocenters. The molecule has 1 saturated heterocycles. The van der Waals surface area contributed by atoms with E-state index in [0.717, 1.165) is 27.5 Å². The van der Waals surface area contributed by atoms with E-state index in [1.54, 1.807) is 17.8 Å². The van der Waals surface area contributed by atoms with Crippen molar-refractivity contribution >= 4 is 40.6 Å². The molecule has 3 aromatic rings. The Kier molecular flexibility index (Phi) is 5.14. The highest BCUT2D eigenvalue weighted by molar-refractivity contribution is 8.00. The second kappa shape index (κ2) is 8.23. The van der Waals surface area contributed by atoms with Crippen LogP contribution < -0.4 is 14.5 Å². The molecule has 3 fully saturated rings. The SMILES string of the molecule is CCOc1cc([C@@H]2c3sc(=O)[nH]c3S[C@@H]3[C@H]4C[C@@H]([C@@H]5C(=O)N(c6ccc(C)cc6)C(=O)[C@H]45)[C@H]23)ccc1O. The van der Waals surface area contributed by atoms with Crippen LogP contribution in [0.5, 0.6) is 11.5 Å². The number of phenolic OH excluding ortho intramolecular Hbond substituents is 1. The van der Waals surface area contributed by atoms with Gasteiger partial charge in [-0.2, -0.15) is 0 Å². The number of hydrogen-bond acceptors (Lipinski definition) is 7. The molecule has 1 aromatic heterocycles. The fraction of sp³-hybridized carbons (Fsp3) is 0.393. The van der Waals surface area contributed by atoms with Gasteiger partial charge in [0.1, 0.15) is 0 Å². The molecule has 9 heteroatoms. The molecular weight excluding hydrogens is 508 g/mol. The van der Waals surface area contributed by atoms with Crippen molar-refractivity contribution in [2.24, 2.45) is 29.6 Å². The van der Waals surface area contributed by atoms with Gasteiger partial charge < -0.3 is 14.8 Å². The van der Waals surface area contributed by atoms with Gasteiger partial charge in [0, 0.05) is 16.0 Å². The first kappa shape index (κ1) is 23.1. The smallest absolute Gasteiger partial charge is 0.305 e. The van der Waals surface area contributed by atoms with Gasteiger partial charge in [0.2, 0.25) is 11.8 Å². The first-order valence-electron chi connectivity index (χ1n) is 12.7. The summed E-state index contributed by atoms with van der Waals surface area (Å²) in [7, 11) is 0. The third kappa shape index (κ3) is 3.23. The molecule has 4 aliphatic rings. The van der Waals surface area contributed by atoms with Gasteiger partial charge in [0.15, 0.2) is 11.5 Å². The van der Waals surface area contributed by atoms with E-state index in [1.165, 1.54) is 16.2 Å². The molecule has 2 aromatic carbocycles. The lowest BCUT2D eigenvalue weighted by Gasteiger charge is -2.43. The summed E-state index contributed by atoms with van der Waals surface area (Å²) >= 11 is 2.89. The summed E-state index contributed by atoms with van der Waals surface area (Å²) in [5.41, 5.74) is 2.68. The van der Waals surface area contributed by atoms with Crippen LogP contribution in [0.15, 0.2) is 52.3 Å². The quantitative estimate of drug-likeness (QED) is 0.478. The van der Waals surface area contributed by atoms with Crippen molar-refractivity contribution in [2.75, 3.05) is 11.5 Å². The lowest BCUT2D eigenvalue weighted by molar-refractivity contribution is -0.123. The maximum Gasteiger partial charge on any atom is 0.305 e.